The molecule has 0 aromatic carbocycles. The van der Waals surface area contributed by atoms with Crippen LogP contribution in [0.3, 0.4) is 0 Å². The van der Waals surface area contributed by atoms with Gasteiger partial charge in [-0.05, 0) is 30.1 Å². The molecule has 1 saturated heterocycles. The van der Waals surface area contributed by atoms with Gasteiger partial charge in [0, 0.05) is 13.1 Å². The van der Waals surface area contributed by atoms with Crippen LogP contribution in [0.2, 0.25) is 0 Å². The van der Waals surface area contributed by atoms with Crippen molar-refractivity contribution in [2.75, 3.05) is 13.1 Å². The largest absolute Gasteiger partial charge is 0.316 e. The summed E-state index contributed by atoms with van der Waals surface area (Å²) in [6.07, 6.45) is 4.23. The Labute approximate surface area is 83.3 Å². The van der Waals surface area contributed by atoms with Crippen molar-refractivity contribution in [3.05, 3.63) is 0 Å². The second-order valence-electron chi connectivity index (χ2n) is 5.63. The van der Waals surface area contributed by atoms with Gasteiger partial charge in [0.05, 0.1) is 0 Å². The Morgan fingerprint density at radius 3 is 2.00 bits per heavy atom. The molecule has 0 bridgehead atoms. The molecule has 1 aliphatic rings. The zero-order valence-electron chi connectivity index (χ0n) is 9.69. The van der Waals surface area contributed by atoms with E-state index in [-0.39, 0.29) is 0 Å². The minimum Gasteiger partial charge on any atom is -0.316 e. The summed E-state index contributed by atoms with van der Waals surface area (Å²) >= 11 is 0. The third-order valence-electron chi connectivity index (χ3n) is 3.09. The average Bonchev–Trinajstić information content (AvgIpc) is 1.93. The fourth-order valence-corrected chi connectivity index (χ4v) is 2.36. The van der Waals surface area contributed by atoms with Crippen LogP contribution >= 0.6 is 0 Å². The third-order valence-corrected chi connectivity index (χ3v) is 3.09. The van der Waals surface area contributed by atoms with E-state index in [0.717, 1.165) is 11.8 Å². The highest BCUT2D eigenvalue weighted by atomic mass is 15.0. The number of nitrogens with one attached hydrogen (secondary N) is 1. The predicted molar refractivity (Wildman–Crippen MR) is 58.8 cm³/mol. The number of hydrogen-bond donors (Lipinski definition) is 1. The molecule has 78 valence electrons. The van der Waals surface area contributed by atoms with Crippen LogP contribution in [0.4, 0.5) is 0 Å². The van der Waals surface area contributed by atoms with Gasteiger partial charge in [-0.3, -0.25) is 0 Å². The van der Waals surface area contributed by atoms with Crippen molar-refractivity contribution in [2.24, 2.45) is 17.3 Å². The maximum Gasteiger partial charge on any atom is 0.00203 e. The van der Waals surface area contributed by atoms with Crippen molar-refractivity contribution >= 4 is 0 Å². The van der Waals surface area contributed by atoms with Crippen LogP contribution in [0.5, 0.6) is 0 Å². The summed E-state index contributed by atoms with van der Waals surface area (Å²) in [5, 5.41) is 3.43. The van der Waals surface area contributed by atoms with Crippen LogP contribution in [-0.4, -0.2) is 13.1 Å². The molecular formula is C12H25N. The van der Waals surface area contributed by atoms with E-state index in [1.807, 2.05) is 0 Å². The van der Waals surface area contributed by atoms with E-state index in [2.05, 4.69) is 33.0 Å². The molecule has 0 aromatic rings. The minimum atomic E-state index is 0.665. The number of hydrogen-bond acceptors (Lipinski definition) is 1. The lowest BCUT2D eigenvalue weighted by Crippen LogP contribution is -2.54. The molecule has 1 heterocycles. The lowest BCUT2D eigenvalue weighted by Gasteiger charge is -2.44. The summed E-state index contributed by atoms with van der Waals surface area (Å²) in [4.78, 5) is 0. The first-order valence-corrected chi connectivity index (χ1v) is 5.75. The zero-order valence-corrected chi connectivity index (χ0v) is 9.69. The highest BCUT2D eigenvalue weighted by molar-refractivity contribution is 4.92. The lowest BCUT2D eigenvalue weighted by molar-refractivity contribution is 0.110. The smallest absolute Gasteiger partial charge is 0.00203 e. The predicted octanol–water partition coefficient (Wildman–Crippen LogP) is 3.06. The molecule has 1 N–H and O–H groups in total. The monoisotopic (exact) mass is 183 g/mol. The van der Waals surface area contributed by atoms with Crippen LogP contribution in [-0.2, 0) is 0 Å². The molecule has 1 heteroatoms. The highest BCUT2D eigenvalue weighted by Gasteiger charge is 2.36. The lowest BCUT2D eigenvalue weighted by atomic mass is 9.71. The molecule has 0 atom stereocenters. The molecule has 0 radical (unpaired) electrons. The Kier molecular flexibility index (Phi) is 3.78. The van der Waals surface area contributed by atoms with Gasteiger partial charge in [-0.25, -0.2) is 0 Å². The van der Waals surface area contributed by atoms with Gasteiger partial charge in [0.15, 0.2) is 0 Å². The van der Waals surface area contributed by atoms with E-state index in [4.69, 9.17) is 0 Å². The van der Waals surface area contributed by atoms with E-state index in [1.54, 1.807) is 0 Å². The molecule has 0 amide bonds. The van der Waals surface area contributed by atoms with Crippen LogP contribution < -0.4 is 5.32 Å². The molecule has 1 nitrogen and oxygen atoms in total. The van der Waals surface area contributed by atoms with Crippen LogP contribution in [0.1, 0.15) is 47.0 Å². The quantitative estimate of drug-likeness (QED) is 0.691. The second kappa shape index (κ2) is 4.45. The molecule has 0 saturated carbocycles. The van der Waals surface area contributed by atoms with Crippen molar-refractivity contribution < 1.29 is 0 Å². The Morgan fingerprint density at radius 2 is 1.69 bits per heavy atom. The summed E-state index contributed by atoms with van der Waals surface area (Å²) in [7, 11) is 0. The van der Waals surface area contributed by atoms with Crippen molar-refractivity contribution in [2.45, 2.75) is 47.0 Å². The zero-order chi connectivity index (χ0) is 9.90. The molecule has 1 rings (SSSR count). The van der Waals surface area contributed by atoms with Crippen molar-refractivity contribution in [1.82, 2.24) is 5.32 Å². The van der Waals surface area contributed by atoms with Gasteiger partial charge in [0.25, 0.3) is 0 Å². The fourth-order valence-electron chi connectivity index (χ4n) is 2.36. The highest BCUT2D eigenvalue weighted by Crippen LogP contribution is 2.36. The molecule has 13 heavy (non-hydrogen) atoms. The first-order chi connectivity index (χ1) is 6.04. The first kappa shape index (κ1) is 11.0. The summed E-state index contributed by atoms with van der Waals surface area (Å²) in [5.41, 5.74) is 0.665. The SMILES string of the molecule is CC(C)CCC1(CC(C)C)CNC1. The van der Waals surface area contributed by atoms with Crippen LogP contribution in [0.25, 0.3) is 0 Å². The first-order valence-electron chi connectivity index (χ1n) is 5.75. The maximum atomic E-state index is 3.43. The molecular weight excluding hydrogens is 158 g/mol. The second-order valence-corrected chi connectivity index (χ2v) is 5.63. The minimum absolute atomic E-state index is 0.665. The molecule has 0 aromatic heterocycles. The summed E-state index contributed by atoms with van der Waals surface area (Å²) in [5.74, 6) is 1.72. The van der Waals surface area contributed by atoms with Crippen molar-refractivity contribution in [1.29, 1.82) is 0 Å². The third kappa shape index (κ3) is 3.30. The molecule has 0 spiro atoms. The van der Waals surface area contributed by atoms with Gasteiger partial charge in [-0.2, -0.15) is 0 Å². The van der Waals surface area contributed by atoms with E-state index >= 15 is 0 Å². The number of rotatable bonds is 5. The summed E-state index contributed by atoms with van der Waals surface area (Å²) in [6, 6.07) is 0. The molecule has 1 fully saturated rings. The Bertz CT molecular complexity index is 145. The van der Waals surface area contributed by atoms with Gasteiger partial charge in [-0.15, -0.1) is 0 Å². The van der Waals surface area contributed by atoms with Crippen molar-refractivity contribution in [3.8, 4) is 0 Å². The van der Waals surface area contributed by atoms with Gasteiger partial charge in [-0.1, -0.05) is 34.1 Å². The van der Waals surface area contributed by atoms with Gasteiger partial charge in [0.1, 0.15) is 0 Å². The Morgan fingerprint density at radius 1 is 1.08 bits per heavy atom. The average molecular weight is 183 g/mol. The Balaban J connectivity index is 2.31. The standard InChI is InChI=1S/C12H25N/c1-10(2)5-6-12(7-11(3)4)8-13-9-12/h10-11,13H,5-9H2,1-4H3. The topological polar surface area (TPSA) is 12.0 Å². The molecule has 0 aliphatic carbocycles. The van der Waals surface area contributed by atoms with Gasteiger partial charge >= 0.3 is 0 Å². The van der Waals surface area contributed by atoms with Crippen molar-refractivity contribution in [3.63, 3.8) is 0 Å². The fraction of sp³-hybridized carbons (Fsp3) is 1.00. The van der Waals surface area contributed by atoms with E-state index in [0.29, 0.717) is 5.41 Å². The van der Waals surface area contributed by atoms with E-state index < -0.39 is 0 Å². The van der Waals surface area contributed by atoms with Gasteiger partial charge < -0.3 is 5.32 Å². The maximum absolute atomic E-state index is 3.43. The van der Waals surface area contributed by atoms with Crippen LogP contribution in [0.15, 0.2) is 0 Å². The van der Waals surface area contributed by atoms with Gasteiger partial charge in [0.2, 0.25) is 0 Å². The Hall–Kier alpha value is -0.0400. The molecule has 0 unspecified atom stereocenters. The summed E-state index contributed by atoms with van der Waals surface area (Å²) in [6.45, 7) is 11.9. The van der Waals surface area contributed by atoms with Crippen LogP contribution in [0, 0.1) is 17.3 Å². The summed E-state index contributed by atoms with van der Waals surface area (Å²) < 4.78 is 0. The molecule has 1 aliphatic heterocycles. The van der Waals surface area contributed by atoms with E-state index in [9.17, 15) is 0 Å². The van der Waals surface area contributed by atoms with E-state index in [1.165, 1.54) is 32.4 Å². The normalized spacial score (nSPS) is 20.8.